The highest BCUT2D eigenvalue weighted by Crippen LogP contribution is 2.30. The standard InChI is InChI=1S/C19H26N4O2/c1-19(2,13-24)22-18(25)21-16-9-6-10-17-15(16)11-20-23(17)12-14-7-4-3-5-8-14/h3-5,7-8,11,16,24H,6,9-10,12-13H2,1-2H3,(H2,21,22,25). The Hall–Kier alpha value is -2.34. The van der Waals surface area contributed by atoms with Gasteiger partial charge in [-0.2, -0.15) is 5.10 Å². The van der Waals surface area contributed by atoms with Crippen LogP contribution in [-0.2, 0) is 13.0 Å². The highest BCUT2D eigenvalue weighted by atomic mass is 16.3. The van der Waals surface area contributed by atoms with Gasteiger partial charge in [0.15, 0.2) is 0 Å². The van der Waals surface area contributed by atoms with Crippen molar-refractivity contribution in [2.75, 3.05) is 6.61 Å². The van der Waals surface area contributed by atoms with Crippen LogP contribution in [0.1, 0.15) is 49.6 Å². The fraction of sp³-hybridized carbons (Fsp3) is 0.474. The Morgan fingerprint density at radius 1 is 1.36 bits per heavy atom. The predicted molar refractivity (Wildman–Crippen MR) is 96.3 cm³/mol. The van der Waals surface area contributed by atoms with Crippen LogP contribution in [0.5, 0.6) is 0 Å². The second kappa shape index (κ2) is 7.27. The molecule has 1 aromatic heterocycles. The van der Waals surface area contributed by atoms with E-state index in [2.05, 4.69) is 27.9 Å². The van der Waals surface area contributed by atoms with Gasteiger partial charge in [-0.3, -0.25) is 4.68 Å². The first-order valence-corrected chi connectivity index (χ1v) is 8.76. The molecule has 0 aliphatic heterocycles. The van der Waals surface area contributed by atoms with E-state index >= 15 is 0 Å². The molecule has 0 spiro atoms. The van der Waals surface area contributed by atoms with E-state index < -0.39 is 5.54 Å². The van der Waals surface area contributed by atoms with E-state index in [0.717, 1.165) is 31.4 Å². The van der Waals surface area contributed by atoms with Crippen LogP contribution in [0.2, 0.25) is 0 Å². The smallest absolute Gasteiger partial charge is 0.315 e. The number of rotatable bonds is 5. The third kappa shape index (κ3) is 4.20. The second-order valence-electron chi connectivity index (χ2n) is 7.28. The largest absolute Gasteiger partial charge is 0.394 e. The van der Waals surface area contributed by atoms with Gasteiger partial charge in [-0.05, 0) is 38.7 Å². The van der Waals surface area contributed by atoms with Crippen molar-refractivity contribution in [3.8, 4) is 0 Å². The number of carbonyl (C=O) groups excluding carboxylic acids is 1. The Morgan fingerprint density at radius 2 is 2.12 bits per heavy atom. The van der Waals surface area contributed by atoms with Gasteiger partial charge in [0.05, 0.1) is 30.9 Å². The first-order valence-electron chi connectivity index (χ1n) is 8.76. The maximum atomic E-state index is 12.2. The van der Waals surface area contributed by atoms with Crippen LogP contribution in [0.4, 0.5) is 4.79 Å². The molecule has 0 fully saturated rings. The summed E-state index contributed by atoms with van der Waals surface area (Å²) in [5.41, 5.74) is 2.87. The number of amides is 2. The number of urea groups is 1. The Bertz CT molecular complexity index is 724. The Labute approximate surface area is 148 Å². The number of nitrogens with zero attached hydrogens (tertiary/aromatic N) is 2. The number of aliphatic hydroxyl groups excluding tert-OH is 1. The van der Waals surface area contributed by atoms with Gasteiger partial charge >= 0.3 is 6.03 Å². The number of fused-ring (bicyclic) bond motifs is 1. The molecule has 1 unspecified atom stereocenters. The first-order chi connectivity index (χ1) is 12.0. The van der Waals surface area contributed by atoms with Gasteiger partial charge in [0, 0.05) is 11.3 Å². The molecule has 2 aromatic rings. The lowest BCUT2D eigenvalue weighted by Crippen LogP contribution is -2.51. The lowest BCUT2D eigenvalue weighted by molar-refractivity contribution is 0.180. The van der Waals surface area contributed by atoms with Crippen LogP contribution in [0.15, 0.2) is 36.5 Å². The van der Waals surface area contributed by atoms with Crippen molar-refractivity contribution in [1.82, 2.24) is 20.4 Å². The average molecular weight is 342 g/mol. The van der Waals surface area contributed by atoms with E-state index in [9.17, 15) is 9.90 Å². The SMILES string of the molecule is CC(C)(CO)NC(=O)NC1CCCc2c1cnn2Cc1ccccc1. The number of hydrogen-bond acceptors (Lipinski definition) is 3. The lowest BCUT2D eigenvalue weighted by atomic mass is 9.93. The monoisotopic (exact) mass is 342 g/mol. The highest BCUT2D eigenvalue weighted by molar-refractivity contribution is 5.75. The molecule has 1 heterocycles. The minimum Gasteiger partial charge on any atom is -0.394 e. The predicted octanol–water partition coefficient (Wildman–Crippen LogP) is 2.38. The van der Waals surface area contributed by atoms with Crippen molar-refractivity contribution >= 4 is 6.03 Å². The topological polar surface area (TPSA) is 79.2 Å². The molecule has 1 aromatic carbocycles. The van der Waals surface area contributed by atoms with E-state index in [4.69, 9.17) is 0 Å². The third-order valence-corrected chi connectivity index (χ3v) is 4.59. The summed E-state index contributed by atoms with van der Waals surface area (Å²) < 4.78 is 2.04. The molecule has 1 atom stereocenters. The van der Waals surface area contributed by atoms with E-state index in [-0.39, 0.29) is 18.7 Å². The van der Waals surface area contributed by atoms with Gasteiger partial charge in [0.1, 0.15) is 0 Å². The zero-order valence-electron chi connectivity index (χ0n) is 14.8. The highest BCUT2D eigenvalue weighted by Gasteiger charge is 2.27. The molecule has 1 aliphatic carbocycles. The van der Waals surface area contributed by atoms with Crippen LogP contribution < -0.4 is 10.6 Å². The molecule has 3 rings (SSSR count). The number of hydrogen-bond donors (Lipinski definition) is 3. The van der Waals surface area contributed by atoms with E-state index in [1.807, 2.05) is 29.1 Å². The van der Waals surface area contributed by atoms with E-state index in [0.29, 0.717) is 0 Å². The summed E-state index contributed by atoms with van der Waals surface area (Å²) in [7, 11) is 0. The first kappa shape index (κ1) is 17.5. The molecule has 3 N–H and O–H groups in total. The maximum absolute atomic E-state index is 12.2. The van der Waals surface area contributed by atoms with Crippen LogP contribution in [0, 0.1) is 0 Å². The number of aromatic nitrogens is 2. The molecular formula is C19H26N4O2. The summed E-state index contributed by atoms with van der Waals surface area (Å²) in [6, 6.07) is 9.96. The van der Waals surface area contributed by atoms with Crippen LogP contribution in [0.25, 0.3) is 0 Å². The van der Waals surface area contributed by atoms with Crippen molar-refractivity contribution in [1.29, 1.82) is 0 Å². The molecule has 134 valence electrons. The second-order valence-corrected chi connectivity index (χ2v) is 7.28. The zero-order valence-corrected chi connectivity index (χ0v) is 14.8. The fourth-order valence-corrected chi connectivity index (χ4v) is 3.20. The Balaban J connectivity index is 1.71. The molecular weight excluding hydrogens is 316 g/mol. The number of carbonyl (C=O) groups is 1. The minimum absolute atomic E-state index is 0.0391. The fourth-order valence-electron chi connectivity index (χ4n) is 3.20. The van der Waals surface area contributed by atoms with Crippen molar-refractivity contribution in [3.05, 3.63) is 53.3 Å². The zero-order chi connectivity index (χ0) is 17.9. The maximum Gasteiger partial charge on any atom is 0.315 e. The summed E-state index contributed by atoms with van der Waals surface area (Å²) in [5, 5.41) is 19.7. The average Bonchev–Trinajstić information content (AvgIpc) is 2.99. The summed E-state index contributed by atoms with van der Waals surface area (Å²) in [6.45, 7) is 4.21. The molecule has 0 saturated heterocycles. The molecule has 6 nitrogen and oxygen atoms in total. The van der Waals surface area contributed by atoms with Crippen molar-refractivity contribution in [2.24, 2.45) is 0 Å². The molecule has 0 radical (unpaired) electrons. The van der Waals surface area contributed by atoms with Crippen LogP contribution in [-0.4, -0.2) is 33.1 Å². The van der Waals surface area contributed by atoms with E-state index in [1.165, 1.54) is 11.3 Å². The third-order valence-electron chi connectivity index (χ3n) is 4.59. The van der Waals surface area contributed by atoms with Gasteiger partial charge in [-0.15, -0.1) is 0 Å². The summed E-state index contributed by atoms with van der Waals surface area (Å²) >= 11 is 0. The van der Waals surface area contributed by atoms with Crippen LogP contribution >= 0.6 is 0 Å². The Morgan fingerprint density at radius 3 is 2.84 bits per heavy atom. The number of aliphatic hydroxyl groups is 1. The number of nitrogens with one attached hydrogen (secondary N) is 2. The minimum atomic E-state index is -0.640. The molecule has 6 heteroatoms. The Kier molecular flexibility index (Phi) is 5.08. The molecule has 1 aliphatic rings. The van der Waals surface area contributed by atoms with Gasteiger partial charge in [-0.25, -0.2) is 4.79 Å². The molecule has 0 saturated carbocycles. The summed E-state index contributed by atoms with van der Waals surface area (Å²) in [4.78, 5) is 12.2. The van der Waals surface area contributed by atoms with Gasteiger partial charge < -0.3 is 15.7 Å². The van der Waals surface area contributed by atoms with Crippen LogP contribution in [0.3, 0.4) is 0 Å². The van der Waals surface area contributed by atoms with Crippen molar-refractivity contribution < 1.29 is 9.90 Å². The summed E-state index contributed by atoms with van der Waals surface area (Å²) in [6.07, 6.45) is 4.77. The normalized spacial score (nSPS) is 17.0. The van der Waals surface area contributed by atoms with Crippen molar-refractivity contribution in [3.63, 3.8) is 0 Å². The number of benzene rings is 1. The van der Waals surface area contributed by atoms with Gasteiger partial charge in [0.25, 0.3) is 0 Å². The quantitative estimate of drug-likeness (QED) is 0.780. The summed E-state index contributed by atoms with van der Waals surface area (Å²) in [5.74, 6) is 0. The van der Waals surface area contributed by atoms with E-state index in [1.54, 1.807) is 13.8 Å². The van der Waals surface area contributed by atoms with Crippen molar-refractivity contribution in [2.45, 2.75) is 51.2 Å². The van der Waals surface area contributed by atoms with Gasteiger partial charge in [0.2, 0.25) is 0 Å². The lowest BCUT2D eigenvalue weighted by Gasteiger charge is -2.28. The van der Waals surface area contributed by atoms with Gasteiger partial charge in [-0.1, -0.05) is 30.3 Å². The molecule has 2 amide bonds. The molecule has 25 heavy (non-hydrogen) atoms. The molecule has 0 bridgehead atoms.